The van der Waals surface area contributed by atoms with Gasteiger partial charge in [0.05, 0.1) is 23.2 Å². The molecule has 0 saturated carbocycles. The number of hydrogen-bond donors (Lipinski definition) is 3. The van der Waals surface area contributed by atoms with Gasteiger partial charge < -0.3 is 15.4 Å². The number of amides is 1. The maximum Gasteiger partial charge on any atom is 0.253 e. The average Bonchev–Trinajstić information content (AvgIpc) is 2.93. The predicted octanol–water partition coefficient (Wildman–Crippen LogP) is 2.45. The molecule has 0 atom stereocenters. The van der Waals surface area contributed by atoms with Gasteiger partial charge in [-0.15, -0.1) is 0 Å². The molecule has 0 fully saturated rings. The second kappa shape index (κ2) is 5.45. The molecular weight excluding hydrogens is 240 g/mol. The first-order chi connectivity index (χ1) is 9.15. The van der Waals surface area contributed by atoms with Crippen molar-refractivity contribution in [2.45, 2.75) is 32.2 Å². The fourth-order valence-electron chi connectivity index (χ4n) is 2.27. The lowest BCUT2D eigenvalue weighted by Crippen LogP contribution is -2.50. The molecule has 1 heterocycles. The van der Waals surface area contributed by atoms with Gasteiger partial charge in [0.25, 0.3) is 5.91 Å². The van der Waals surface area contributed by atoms with E-state index in [1.807, 2.05) is 38.2 Å². The van der Waals surface area contributed by atoms with Crippen molar-refractivity contribution < 1.29 is 9.90 Å². The van der Waals surface area contributed by atoms with Crippen molar-refractivity contribution >= 4 is 16.8 Å². The van der Waals surface area contributed by atoms with Crippen LogP contribution < -0.4 is 5.32 Å². The number of aromatic nitrogens is 1. The Hall–Kier alpha value is -1.81. The Labute approximate surface area is 112 Å². The standard InChI is InChI=1S/C15H20N2O2/c1-3-15(4-2,10-18)17-14(19)12-7-5-6-11-8-9-16-13(11)12/h5-9,16,18H,3-4,10H2,1-2H3,(H,17,19). The summed E-state index contributed by atoms with van der Waals surface area (Å²) in [4.78, 5) is 15.5. The van der Waals surface area contributed by atoms with Gasteiger partial charge in [-0.25, -0.2) is 0 Å². The number of rotatable bonds is 5. The van der Waals surface area contributed by atoms with E-state index in [1.165, 1.54) is 0 Å². The molecule has 1 aromatic heterocycles. The number of aliphatic hydroxyl groups excluding tert-OH is 1. The normalized spacial score (nSPS) is 11.7. The minimum Gasteiger partial charge on any atom is -0.394 e. The van der Waals surface area contributed by atoms with E-state index in [9.17, 15) is 9.90 Å². The summed E-state index contributed by atoms with van der Waals surface area (Å²) in [6, 6.07) is 7.55. The third-order valence-corrected chi connectivity index (χ3v) is 3.87. The first kappa shape index (κ1) is 13.6. The van der Waals surface area contributed by atoms with E-state index >= 15 is 0 Å². The van der Waals surface area contributed by atoms with Crippen LogP contribution in [0.5, 0.6) is 0 Å². The summed E-state index contributed by atoms with van der Waals surface area (Å²) in [7, 11) is 0. The maximum absolute atomic E-state index is 12.4. The Bertz CT molecular complexity index is 562. The first-order valence-corrected chi connectivity index (χ1v) is 6.65. The van der Waals surface area contributed by atoms with Gasteiger partial charge >= 0.3 is 0 Å². The average molecular weight is 260 g/mol. The number of hydrogen-bond acceptors (Lipinski definition) is 2. The minimum atomic E-state index is -0.536. The number of benzene rings is 1. The lowest BCUT2D eigenvalue weighted by atomic mass is 9.93. The zero-order chi connectivity index (χ0) is 13.9. The molecule has 0 radical (unpaired) electrons. The molecule has 102 valence electrons. The molecule has 19 heavy (non-hydrogen) atoms. The van der Waals surface area contributed by atoms with E-state index in [4.69, 9.17) is 0 Å². The van der Waals surface area contributed by atoms with E-state index in [2.05, 4.69) is 10.3 Å². The van der Waals surface area contributed by atoms with Gasteiger partial charge in [0.2, 0.25) is 0 Å². The van der Waals surface area contributed by atoms with Crippen molar-refractivity contribution in [1.82, 2.24) is 10.3 Å². The molecule has 0 aliphatic rings. The van der Waals surface area contributed by atoms with Crippen LogP contribution in [0.2, 0.25) is 0 Å². The number of nitrogens with one attached hydrogen (secondary N) is 2. The predicted molar refractivity (Wildman–Crippen MR) is 76.2 cm³/mol. The van der Waals surface area contributed by atoms with Crippen molar-refractivity contribution in [2.24, 2.45) is 0 Å². The van der Waals surface area contributed by atoms with Crippen molar-refractivity contribution in [3.05, 3.63) is 36.0 Å². The molecule has 1 amide bonds. The third-order valence-electron chi connectivity index (χ3n) is 3.87. The van der Waals surface area contributed by atoms with E-state index in [0.29, 0.717) is 18.4 Å². The summed E-state index contributed by atoms with van der Waals surface area (Å²) < 4.78 is 0. The molecule has 2 aromatic rings. The number of fused-ring (bicyclic) bond motifs is 1. The maximum atomic E-state index is 12.4. The molecule has 4 nitrogen and oxygen atoms in total. The van der Waals surface area contributed by atoms with Gasteiger partial charge in [0.1, 0.15) is 0 Å². The van der Waals surface area contributed by atoms with Gasteiger partial charge in [-0.05, 0) is 25.0 Å². The molecule has 0 spiro atoms. The summed E-state index contributed by atoms with van der Waals surface area (Å²) in [5.74, 6) is -0.147. The van der Waals surface area contributed by atoms with Crippen LogP contribution in [0, 0.1) is 0 Å². The van der Waals surface area contributed by atoms with Gasteiger partial charge in [-0.3, -0.25) is 4.79 Å². The molecule has 0 saturated heterocycles. The van der Waals surface area contributed by atoms with E-state index in [-0.39, 0.29) is 12.5 Å². The molecular formula is C15H20N2O2. The number of carbonyl (C=O) groups excluding carboxylic acids is 1. The van der Waals surface area contributed by atoms with Crippen LogP contribution in [0.3, 0.4) is 0 Å². The summed E-state index contributed by atoms with van der Waals surface area (Å²) >= 11 is 0. The van der Waals surface area contributed by atoms with Gasteiger partial charge in [0.15, 0.2) is 0 Å². The highest BCUT2D eigenvalue weighted by Crippen LogP contribution is 2.20. The van der Waals surface area contributed by atoms with Gasteiger partial charge in [-0.1, -0.05) is 26.0 Å². The summed E-state index contributed by atoms with van der Waals surface area (Å²) in [6.07, 6.45) is 3.22. The zero-order valence-electron chi connectivity index (χ0n) is 11.4. The van der Waals surface area contributed by atoms with Crippen LogP contribution in [0.1, 0.15) is 37.0 Å². The highest BCUT2D eigenvalue weighted by atomic mass is 16.3. The lowest BCUT2D eigenvalue weighted by molar-refractivity contribution is 0.0819. The van der Waals surface area contributed by atoms with Crippen molar-refractivity contribution in [1.29, 1.82) is 0 Å². The second-order valence-corrected chi connectivity index (χ2v) is 4.85. The van der Waals surface area contributed by atoms with E-state index in [0.717, 1.165) is 10.9 Å². The Kier molecular flexibility index (Phi) is 3.90. The van der Waals surface area contributed by atoms with Gasteiger partial charge in [0, 0.05) is 11.6 Å². The molecule has 1 aromatic carbocycles. The molecule has 2 rings (SSSR count). The number of para-hydroxylation sites is 1. The van der Waals surface area contributed by atoms with Crippen LogP contribution in [0.15, 0.2) is 30.5 Å². The largest absolute Gasteiger partial charge is 0.394 e. The monoisotopic (exact) mass is 260 g/mol. The molecule has 4 heteroatoms. The van der Waals surface area contributed by atoms with Crippen LogP contribution in [-0.4, -0.2) is 28.1 Å². The quantitative estimate of drug-likeness (QED) is 0.773. The molecule has 0 aliphatic carbocycles. The highest BCUT2D eigenvalue weighted by Gasteiger charge is 2.28. The summed E-state index contributed by atoms with van der Waals surface area (Å²) in [5.41, 5.74) is 0.910. The van der Waals surface area contributed by atoms with E-state index < -0.39 is 5.54 Å². The molecule has 0 aliphatic heterocycles. The Morgan fingerprint density at radius 1 is 1.32 bits per heavy atom. The van der Waals surface area contributed by atoms with Crippen LogP contribution in [0.25, 0.3) is 10.9 Å². The molecule has 0 unspecified atom stereocenters. The Morgan fingerprint density at radius 3 is 2.68 bits per heavy atom. The van der Waals surface area contributed by atoms with Gasteiger partial charge in [-0.2, -0.15) is 0 Å². The van der Waals surface area contributed by atoms with Crippen molar-refractivity contribution in [2.75, 3.05) is 6.61 Å². The number of carbonyl (C=O) groups is 1. The SMILES string of the molecule is CCC(CC)(CO)NC(=O)c1cccc2cc[nH]c12. The summed E-state index contributed by atoms with van der Waals surface area (Å²) in [5, 5.41) is 13.5. The topological polar surface area (TPSA) is 65.1 Å². The Balaban J connectivity index is 2.32. The second-order valence-electron chi connectivity index (χ2n) is 4.85. The van der Waals surface area contributed by atoms with Crippen LogP contribution in [-0.2, 0) is 0 Å². The van der Waals surface area contributed by atoms with Crippen molar-refractivity contribution in [3.63, 3.8) is 0 Å². The number of aliphatic hydroxyl groups is 1. The zero-order valence-corrected chi connectivity index (χ0v) is 11.4. The van der Waals surface area contributed by atoms with E-state index in [1.54, 1.807) is 6.07 Å². The van der Waals surface area contributed by atoms with Crippen LogP contribution in [0.4, 0.5) is 0 Å². The lowest BCUT2D eigenvalue weighted by Gasteiger charge is -2.30. The summed E-state index contributed by atoms with van der Waals surface area (Å²) in [6.45, 7) is 3.89. The highest BCUT2D eigenvalue weighted by molar-refractivity contribution is 6.05. The smallest absolute Gasteiger partial charge is 0.253 e. The van der Waals surface area contributed by atoms with Crippen LogP contribution >= 0.6 is 0 Å². The first-order valence-electron chi connectivity index (χ1n) is 6.65. The molecule has 0 bridgehead atoms. The fraction of sp³-hybridized carbons (Fsp3) is 0.400. The fourth-order valence-corrected chi connectivity index (χ4v) is 2.27. The Morgan fingerprint density at radius 2 is 2.05 bits per heavy atom. The van der Waals surface area contributed by atoms with Crippen molar-refractivity contribution in [3.8, 4) is 0 Å². The third kappa shape index (κ3) is 2.49. The minimum absolute atomic E-state index is 0.0492. The molecule has 3 N–H and O–H groups in total. The number of H-pyrrole nitrogens is 1. The number of aromatic amines is 1.